The van der Waals surface area contributed by atoms with Crippen LogP contribution in [0.15, 0.2) is 53.7 Å². The zero-order valence-corrected chi connectivity index (χ0v) is 17.9. The number of hydrogen-bond donors (Lipinski definition) is 3. The standard InChI is InChI=1S/C21H17ClN6O5/c1-32-16-7-11(6-13(22)18(16)33-9-17(23)29)20(30)27-14-4-2-3-5-15(14)28-19-12(8-26-28)21(31)25-10-24-19/h2-8,10H,9H2,1H3,(H2,23,29)(H,27,30)(H,24,25,31). The van der Waals surface area contributed by atoms with E-state index in [1.54, 1.807) is 24.3 Å². The Labute approximate surface area is 191 Å². The average Bonchev–Trinajstić information content (AvgIpc) is 3.23. The van der Waals surface area contributed by atoms with E-state index in [0.29, 0.717) is 22.4 Å². The Balaban J connectivity index is 1.68. The van der Waals surface area contributed by atoms with Gasteiger partial charge in [-0.25, -0.2) is 9.67 Å². The maximum Gasteiger partial charge on any atom is 0.261 e. The van der Waals surface area contributed by atoms with E-state index < -0.39 is 18.4 Å². The van der Waals surface area contributed by atoms with Gasteiger partial charge in [-0.05, 0) is 24.3 Å². The number of anilines is 1. The van der Waals surface area contributed by atoms with Gasteiger partial charge in [-0.3, -0.25) is 14.4 Å². The summed E-state index contributed by atoms with van der Waals surface area (Å²) < 4.78 is 12.0. The Morgan fingerprint density at radius 2 is 2.06 bits per heavy atom. The predicted octanol–water partition coefficient (Wildman–Crippen LogP) is 1.89. The fourth-order valence-corrected chi connectivity index (χ4v) is 3.39. The third-order valence-corrected chi connectivity index (χ3v) is 4.88. The molecule has 0 atom stereocenters. The fraction of sp³-hybridized carbons (Fsp3) is 0.0952. The zero-order chi connectivity index (χ0) is 23.5. The second kappa shape index (κ2) is 9.01. The Morgan fingerprint density at radius 3 is 2.82 bits per heavy atom. The summed E-state index contributed by atoms with van der Waals surface area (Å²) in [7, 11) is 1.37. The van der Waals surface area contributed by atoms with E-state index in [9.17, 15) is 14.4 Å². The lowest BCUT2D eigenvalue weighted by Crippen LogP contribution is -2.20. The Bertz CT molecular complexity index is 1430. The van der Waals surface area contributed by atoms with Gasteiger partial charge in [0.15, 0.2) is 23.8 Å². The number of para-hydroxylation sites is 2. The largest absolute Gasteiger partial charge is 0.493 e. The molecule has 0 aliphatic rings. The van der Waals surface area contributed by atoms with Crippen molar-refractivity contribution in [2.45, 2.75) is 0 Å². The Hall–Kier alpha value is -4.38. The summed E-state index contributed by atoms with van der Waals surface area (Å²) in [6, 6.07) is 9.69. The number of nitrogens with zero attached hydrogens (tertiary/aromatic N) is 3. The summed E-state index contributed by atoms with van der Waals surface area (Å²) in [5, 5.41) is 7.41. The van der Waals surface area contributed by atoms with E-state index in [0.717, 1.165) is 0 Å². The van der Waals surface area contributed by atoms with Crippen LogP contribution in [0, 0.1) is 0 Å². The molecule has 11 nitrogen and oxygen atoms in total. The number of carbonyl (C=O) groups excluding carboxylic acids is 2. The second-order valence-electron chi connectivity index (χ2n) is 6.74. The highest BCUT2D eigenvalue weighted by Gasteiger charge is 2.19. The minimum Gasteiger partial charge on any atom is -0.493 e. The van der Waals surface area contributed by atoms with Crippen LogP contribution < -0.4 is 26.1 Å². The van der Waals surface area contributed by atoms with Crippen molar-refractivity contribution < 1.29 is 19.1 Å². The molecule has 0 radical (unpaired) electrons. The maximum atomic E-state index is 13.0. The number of aromatic nitrogens is 4. The van der Waals surface area contributed by atoms with Gasteiger partial charge in [0.2, 0.25) is 0 Å². The van der Waals surface area contributed by atoms with Crippen LogP contribution in [0.5, 0.6) is 11.5 Å². The number of nitrogens with two attached hydrogens (primary N) is 1. The molecule has 12 heteroatoms. The number of hydrogen-bond acceptors (Lipinski definition) is 7. The molecule has 2 heterocycles. The average molecular weight is 469 g/mol. The van der Waals surface area contributed by atoms with Gasteiger partial charge in [0.1, 0.15) is 5.39 Å². The molecule has 0 fully saturated rings. The van der Waals surface area contributed by atoms with E-state index >= 15 is 0 Å². The van der Waals surface area contributed by atoms with Gasteiger partial charge in [-0.2, -0.15) is 5.10 Å². The number of aromatic amines is 1. The quantitative estimate of drug-likeness (QED) is 0.374. The van der Waals surface area contributed by atoms with Crippen molar-refractivity contribution in [2.75, 3.05) is 19.0 Å². The molecule has 0 aliphatic carbocycles. The Kier molecular flexibility index (Phi) is 5.96. The van der Waals surface area contributed by atoms with Crippen molar-refractivity contribution in [3.63, 3.8) is 0 Å². The van der Waals surface area contributed by atoms with Crippen LogP contribution in [0.4, 0.5) is 5.69 Å². The van der Waals surface area contributed by atoms with Crippen molar-refractivity contribution in [1.82, 2.24) is 19.7 Å². The maximum absolute atomic E-state index is 13.0. The molecule has 0 unspecified atom stereocenters. The van der Waals surface area contributed by atoms with Crippen molar-refractivity contribution in [1.29, 1.82) is 0 Å². The van der Waals surface area contributed by atoms with E-state index in [2.05, 4.69) is 20.4 Å². The molecule has 4 aromatic rings. The SMILES string of the molecule is COc1cc(C(=O)Nc2ccccc2-n2ncc3c(=O)[nH]cnc32)cc(Cl)c1OCC(N)=O. The summed E-state index contributed by atoms with van der Waals surface area (Å²) in [6.07, 6.45) is 2.68. The lowest BCUT2D eigenvalue weighted by Gasteiger charge is -2.14. The molecule has 0 aliphatic heterocycles. The van der Waals surface area contributed by atoms with Crippen molar-refractivity contribution in [3.8, 4) is 17.2 Å². The molecule has 0 saturated carbocycles. The fourth-order valence-electron chi connectivity index (χ4n) is 3.13. The molecule has 0 saturated heterocycles. The van der Waals surface area contributed by atoms with Crippen LogP contribution in [0.2, 0.25) is 5.02 Å². The van der Waals surface area contributed by atoms with Gasteiger partial charge in [-0.1, -0.05) is 23.7 Å². The lowest BCUT2D eigenvalue weighted by molar-refractivity contribution is -0.119. The van der Waals surface area contributed by atoms with Crippen LogP contribution in [-0.2, 0) is 4.79 Å². The number of ether oxygens (including phenoxy) is 2. The minimum atomic E-state index is -0.686. The molecule has 2 aromatic carbocycles. The first kappa shape index (κ1) is 21.8. The molecule has 4 N–H and O–H groups in total. The number of rotatable bonds is 7. The van der Waals surface area contributed by atoms with Crippen LogP contribution in [0.3, 0.4) is 0 Å². The highest BCUT2D eigenvalue weighted by Crippen LogP contribution is 2.36. The highest BCUT2D eigenvalue weighted by molar-refractivity contribution is 6.32. The zero-order valence-electron chi connectivity index (χ0n) is 17.2. The van der Waals surface area contributed by atoms with Gasteiger partial charge < -0.3 is 25.5 Å². The first-order valence-corrected chi connectivity index (χ1v) is 9.87. The van der Waals surface area contributed by atoms with Gasteiger partial charge in [0.05, 0.1) is 36.0 Å². The molecule has 168 valence electrons. The summed E-state index contributed by atoms with van der Waals surface area (Å²) in [4.78, 5) is 42.7. The summed E-state index contributed by atoms with van der Waals surface area (Å²) in [5.41, 5.74) is 6.20. The van der Waals surface area contributed by atoms with Gasteiger partial charge in [0.25, 0.3) is 17.4 Å². The van der Waals surface area contributed by atoms with E-state index in [-0.39, 0.29) is 27.6 Å². The molecule has 2 amide bonds. The number of amides is 2. The number of halogens is 1. The van der Waals surface area contributed by atoms with Gasteiger partial charge >= 0.3 is 0 Å². The highest BCUT2D eigenvalue weighted by atomic mass is 35.5. The van der Waals surface area contributed by atoms with Crippen LogP contribution in [0.25, 0.3) is 16.7 Å². The molecule has 33 heavy (non-hydrogen) atoms. The van der Waals surface area contributed by atoms with Crippen LogP contribution >= 0.6 is 11.6 Å². The number of methoxy groups -OCH3 is 1. The second-order valence-corrected chi connectivity index (χ2v) is 7.15. The van der Waals surface area contributed by atoms with Gasteiger partial charge in [0, 0.05) is 5.56 Å². The smallest absolute Gasteiger partial charge is 0.261 e. The predicted molar refractivity (Wildman–Crippen MR) is 120 cm³/mol. The lowest BCUT2D eigenvalue weighted by atomic mass is 10.1. The minimum absolute atomic E-state index is 0.0653. The summed E-state index contributed by atoms with van der Waals surface area (Å²) in [6.45, 7) is -0.399. The van der Waals surface area contributed by atoms with E-state index in [1.165, 1.54) is 36.4 Å². The molecular formula is C21H17ClN6O5. The first-order valence-electron chi connectivity index (χ1n) is 9.50. The number of nitrogens with one attached hydrogen (secondary N) is 2. The monoisotopic (exact) mass is 468 g/mol. The molecule has 0 bridgehead atoms. The molecular weight excluding hydrogens is 452 g/mol. The van der Waals surface area contributed by atoms with E-state index in [1.807, 2.05) is 0 Å². The van der Waals surface area contributed by atoms with Crippen molar-refractivity contribution in [2.24, 2.45) is 5.73 Å². The molecule has 0 spiro atoms. The third-order valence-electron chi connectivity index (χ3n) is 4.60. The topological polar surface area (TPSA) is 154 Å². The van der Waals surface area contributed by atoms with Crippen molar-refractivity contribution >= 4 is 40.1 Å². The number of carbonyl (C=O) groups is 2. The summed E-state index contributed by atoms with van der Waals surface area (Å²) >= 11 is 6.24. The van der Waals surface area contributed by atoms with Gasteiger partial charge in [-0.15, -0.1) is 0 Å². The van der Waals surface area contributed by atoms with E-state index in [4.69, 9.17) is 26.8 Å². The van der Waals surface area contributed by atoms with Crippen molar-refractivity contribution in [3.05, 3.63) is 69.9 Å². The van der Waals surface area contributed by atoms with Crippen LogP contribution in [0.1, 0.15) is 10.4 Å². The Morgan fingerprint density at radius 1 is 1.27 bits per heavy atom. The normalized spacial score (nSPS) is 10.7. The number of benzene rings is 2. The first-order chi connectivity index (χ1) is 15.9. The summed E-state index contributed by atoms with van der Waals surface area (Å²) in [5.74, 6) is -0.932. The number of fused-ring (bicyclic) bond motifs is 1. The number of primary amides is 1. The molecule has 2 aromatic heterocycles. The molecule has 4 rings (SSSR count). The van der Waals surface area contributed by atoms with Crippen LogP contribution in [-0.4, -0.2) is 45.3 Å². The third kappa shape index (κ3) is 4.34. The number of H-pyrrole nitrogens is 1.